The molecule has 0 aliphatic carbocycles. The van der Waals surface area contributed by atoms with Gasteiger partial charge in [0.15, 0.2) is 0 Å². The van der Waals surface area contributed by atoms with Crippen molar-refractivity contribution in [3.05, 3.63) is 59.2 Å². The Morgan fingerprint density at radius 1 is 0.966 bits per heavy atom. The van der Waals surface area contributed by atoms with E-state index in [4.69, 9.17) is 9.47 Å². The molecule has 0 spiro atoms. The third-order valence-corrected chi connectivity index (χ3v) is 4.71. The average molecular weight is 398 g/mol. The minimum atomic E-state index is -0.252. The highest BCUT2D eigenvalue weighted by Gasteiger charge is 2.26. The molecule has 0 unspecified atom stereocenters. The molecule has 4 nitrogen and oxygen atoms in total. The number of aryl methyl sites for hydroxylation is 1. The monoisotopic (exact) mass is 397 g/mol. The summed E-state index contributed by atoms with van der Waals surface area (Å²) >= 11 is 0. The number of esters is 1. The highest BCUT2D eigenvalue weighted by molar-refractivity contribution is 5.69. The fraction of sp³-hybridized carbons (Fsp3) is 0.480. The second-order valence-corrected chi connectivity index (χ2v) is 9.34. The summed E-state index contributed by atoms with van der Waals surface area (Å²) < 4.78 is 10.8. The van der Waals surface area contributed by atoms with E-state index in [-0.39, 0.29) is 29.8 Å². The van der Waals surface area contributed by atoms with Gasteiger partial charge < -0.3 is 14.6 Å². The van der Waals surface area contributed by atoms with Crippen LogP contribution in [0.25, 0.3) is 0 Å². The van der Waals surface area contributed by atoms with Gasteiger partial charge in [0.05, 0.1) is 0 Å². The molecule has 0 heterocycles. The molecular formula is C25H33O4. The fourth-order valence-electron chi connectivity index (χ4n) is 3.08. The third-order valence-electron chi connectivity index (χ3n) is 4.71. The Kier molecular flexibility index (Phi) is 7.34. The number of hydrogen-bond donors (Lipinski definition) is 1. The molecule has 2 aromatic rings. The molecule has 0 saturated carbocycles. The number of ether oxygens (including phenoxy) is 2. The van der Waals surface area contributed by atoms with Gasteiger partial charge in [-0.05, 0) is 52.1 Å². The molecule has 157 valence electrons. The van der Waals surface area contributed by atoms with Crippen LogP contribution < -0.4 is 4.74 Å². The SMILES string of the molecule is CC(C)(C)c1cc(CCC(=O)OCCOc2cc[c]cc2)cc(C(C)(C)C)c1O. The van der Waals surface area contributed by atoms with Crippen LogP contribution in [0.2, 0.25) is 0 Å². The fourth-order valence-corrected chi connectivity index (χ4v) is 3.08. The Bertz CT molecular complexity index is 776. The molecule has 1 N–H and O–H groups in total. The molecule has 0 bridgehead atoms. The predicted octanol–water partition coefficient (Wildman–Crippen LogP) is 5.34. The van der Waals surface area contributed by atoms with Gasteiger partial charge in [-0.15, -0.1) is 0 Å². The zero-order chi connectivity index (χ0) is 21.7. The second-order valence-electron chi connectivity index (χ2n) is 9.34. The van der Waals surface area contributed by atoms with Crippen molar-refractivity contribution >= 4 is 5.97 Å². The first-order valence-corrected chi connectivity index (χ1v) is 10.1. The van der Waals surface area contributed by atoms with Crippen molar-refractivity contribution in [1.82, 2.24) is 0 Å². The Morgan fingerprint density at radius 2 is 1.52 bits per heavy atom. The molecule has 0 saturated heterocycles. The van der Waals surface area contributed by atoms with Crippen LogP contribution in [0.5, 0.6) is 11.5 Å². The van der Waals surface area contributed by atoms with Gasteiger partial charge in [-0.1, -0.05) is 65.8 Å². The first-order chi connectivity index (χ1) is 13.5. The number of benzene rings is 2. The second kappa shape index (κ2) is 9.34. The van der Waals surface area contributed by atoms with Crippen LogP contribution in [0, 0.1) is 6.07 Å². The van der Waals surface area contributed by atoms with Gasteiger partial charge >= 0.3 is 5.97 Å². The van der Waals surface area contributed by atoms with Crippen LogP contribution >= 0.6 is 0 Å². The summed E-state index contributed by atoms with van der Waals surface area (Å²) in [6.45, 7) is 13.0. The lowest BCUT2D eigenvalue weighted by Gasteiger charge is -2.28. The molecular weight excluding hydrogens is 364 g/mol. The normalized spacial score (nSPS) is 11.9. The lowest BCUT2D eigenvalue weighted by Crippen LogP contribution is -2.18. The van der Waals surface area contributed by atoms with Crippen LogP contribution in [0.15, 0.2) is 36.4 Å². The topological polar surface area (TPSA) is 55.8 Å². The maximum Gasteiger partial charge on any atom is 0.306 e. The molecule has 1 radical (unpaired) electrons. The Balaban J connectivity index is 1.96. The quantitative estimate of drug-likeness (QED) is 0.506. The average Bonchev–Trinajstić information content (AvgIpc) is 2.63. The van der Waals surface area contributed by atoms with Gasteiger partial charge in [-0.3, -0.25) is 4.79 Å². The van der Waals surface area contributed by atoms with Crippen LogP contribution in [0.1, 0.15) is 64.7 Å². The van der Waals surface area contributed by atoms with Crippen molar-refractivity contribution < 1.29 is 19.4 Å². The van der Waals surface area contributed by atoms with E-state index in [9.17, 15) is 9.90 Å². The van der Waals surface area contributed by atoms with Crippen molar-refractivity contribution in [1.29, 1.82) is 0 Å². The maximum atomic E-state index is 12.1. The van der Waals surface area contributed by atoms with E-state index in [2.05, 4.69) is 47.6 Å². The van der Waals surface area contributed by atoms with Crippen molar-refractivity contribution in [3.63, 3.8) is 0 Å². The molecule has 0 aromatic heterocycles. The number of aromatic hydroxyl groups is 1. The number of rotatable bonds is 7. The first kappa shape index (κ1) is 22.8. The van der Waals surface area contributed by atoms with Gasteiger partial charge in [0.25, 0.3) is 0 Å². The van der Waals surface area contributed by atoms with Crippen molar-refractivity contribution in [3.8, 4) is 11.5 Å². The lowest BCUT2D eigenvalue weighted by molar-refractivity contribution is -0.144. The summed E-state index contributed by atoms with van der Waals surface area (Å²) in [5.74, 6) is 0.831. The van der Waals surface area contributed by atoms with E-state index in [1.807, 2.05) is 24.3 Å². The summed E-state index contributed by atoms with van der Waals surface area (Å²) in [7, 11) is 0. The smallest absolute Gasteiger partial charge is 0.306 e. The first-order valence-electron chi connectivity index (χ1n) is 10.1. The van der Waals surface area contributed by atoms with Crippen molar-refractivity contribution in [2.75, 3.05) is 13.2 Å². The molecule has 0 amide bonds. The summed E-state index contributed by atoms with van der Waals surface area (Å²) in [5.41, 5.74) is 2.47. The largest absolute Gasteiger partial charge is 0.507 e. The molecule has 0 fully saturated rings. The standard InChI is InChI=1S/C25H33O4/c1-24(2,3)20-16-18(17-21(23(20)27)25(4,5)6)12-13-22(26)29-15-14-28-19-10-8-7-9-11-19/h8-11,16-17,27H,12-15H2,1-6H3. The Hall–Kier alpha value is -2.49. The number of hydrogen-bond acceptors (Lipinski definition) is 4. The summed E-state index contributed by atoms with van der Waals surface area (Å²) in [4.78, 5) is 12.1. The zero-order valence-corrected chi connectivity index (χ0v) is 18.5. The van der Waals surface area contributed by atoms with Gasteiger partial charge in [0.1, 0.15) is 24.7 Å². The highest BCUT2D eigenvalue weighted by atomic mass is 16.6. The van der Waals surface area contributed by atoms with E-state index in [1.54, 1.807) is 12.1 Å². The van der Waals surface area contributed by atoms with E-state index < -0.39 is 0 Å². The van der Waals surface area contributed by atoms with Gasteiger partial charge in [-0.25, -0.2) is 0 Å². The molecule has 2 rings (SSSR count). The van der Waals surface area contributed by atoms with E-state index in [0.29, 0.717) is 18.8 Å². The molecule has 0 aliphatic heterocycles. The molecule has 0 aliphatic rings. The lowest BCUT2D eigenvalue weighted by atomic mass is 9.78. The third kappa shape index (κ3) is 6.81. The van der Waals surface area contributed by atoms with E-state index in [0.717, 1.165) is 22.4 Å². The summed E-state index contributed by atoms with van der Waals surface area (Å²) in [5, 5.41) is 10.8. The number of carbonyl (C=O) groups excluding carboxylic acids is 1. The van der Waals surface area contributed by atoms with Crippen LogP contribution in [0.4, 0.5) is 0 Å². The molecule has 2 aromatic carbocycles. The van der Waals surface area contributed by atoms with Gasteiger partial charge in [-0.2, -0.15) is 0 Å². The van der Waals surface area contributed by atoms with Gasteiger partial charge in [0, 0.05) is 6.42 Å². The van der Waals surface area contributed by atoms with E-state index in [1.165, 1.54) is 0 Å². The zero-order valence-electron chi connectivity index (χ0n) is 18.5. The van der Waals surface area contributed by atoms with Crippen molar-refractivity contribution in [2.24, 2.45) is 0 Å². The maximum absolute atomic E-state index is 12.1. The minimum absolute atomic E-state index is 0.187. The predicted molar refractivity (Wildman–Crippen MR) is 116 cm³/mol. The molecule has 0 atom stereocenters. The summed E-state index contributed by atoms with van der Waals surface area (Å²) in [6.07, 6.45) is 0.860. The van der Waals surface area contributed by atoms with Crippen LogP contribution in [0.3, 0.4) is 0 Å². The number of phenols is 1. The van der Waals surface area contributed by atoms with Crippen LogP contribution in [-0.2, 0) is 26.8 Å². The number of phenolic OH excluding ortho intramolecular Hbond substituents is 1. The van der Waals surface area contributed by atoms with Gasteiger partial charge in [0.2, 0.25) is 0 Å². The molecule has 4 heteroatoms. The van der Waals surface area contributed by atoms with E-state index >= 15 is 0 Å². The highest BCUT2D eigenvalue weighted by Crippen LogP contribution is 2.39. The minimum Gasteiger partial charge on any atom is -0.507 e. The summed E-state index contributed by atoms with van der Waals surface area (Å²) in [6, 6.07) is 14.1. The van der Waals surface area contributed by atoms with Crippen LogP contribution in [-0.4, -0.2) is 24.3 Å². The molecule has 29 heavy (non-hydrogen) atoms. The van der Waals surface area contributed by atoms with Crippen molar-refractivity contribution in [2.45, 2.75) is 65.2 Å². The Labute approximate surface area is 174 Å². The Morgan fingerprint density at radius 3 is 2.03 bits per heavy atom. The number of carbonyl (C=O) groups is 1.